The van der Waals surface area contributed by atoms with E-state index in [1.807, 2.05) is 0 Å². The maximum atomic E-state index is 13.8. The van der Waals surface area contributed by atoms with Crippen LogP contribution in [0, 0.1) is 23.6 Å². The first-order chi connectivity index (χ1) is 17.7. The lowest BCUT2D eigenvalue weighted by atomic mass is 9.83. The van der Waals surface area contributed by atoms with Gasteiger partial charge in [0.05, 0.1) is 5.92 Å². The molecule has 0 aliphatic heterocycles. The van der Waals surface area contributed by atoms with Crippen LogP contribution in [-0.2, 0) is 17.9 Å². The Kier molecular flexibility index (Phi) is 8.00. The Morgan fingerprint density at radius 2 is 1.86 bits per heavy atom. The molecule has 1 aliphatic carbocycles. The summed E-state index contributed by atoms with van der Waals surface area (Å²) in [6.07, 6.45) is 5.44. The molecule has 0 spiro atoms. The molecule has 1 fully saturated rings. The number of nitrogens with one attached hydrogen (secondary N) is 1. The van der Waals surface area contributed by atoms with Gasteiger partial charge in [-0.15, -0.1) is 0 Å². The Morgan fingerprint density at radius 1 is 1.16 bits per heavy atom. The molecule has 0 saturated heterocycles. The second kappa shape index (κ2) is 11.4. The zero-order valence-corrected chi connectivity index (χ0v) is 20.8. The molecular weight excluding hydrogens is 481 g/mol. The average Bonchev–Trinajstić information content (AvgIpc) is 2.87. The molecule has 11 heteroatoms. The molecule has 2 heterocycles. The van der Waals surface area contributed by atoms with Crippen molar-refractivity contribution in [1.82, 2.24) is 19.1 Å². The van der Waals surface area contributed by atoms with E-state index in [-0.39, 0.29) is 24.3 Å². The first kappa shape index (κ1) is 26.1. The molecule has 3 aromatic rings. The lowest BCUT2D eigenvalue weighted by Crippen LogP contribution is -2.45. The minimum Gasteiger partial charge on any atom is -0.481 e. The molecule has 196 valence electrons. The largest absolute Gasteiger partial charge is 0.481 e. The lowest BCUT2D eigenvalue weighted by Gasteiger charge is -2.27. The highest BCUT2D eigenvalue weighted by Crippen LogP contribution is 2.30. The zero-order valence-electron chi connectivity index (χ0n) is 20.8. The van der Waals surface area contributed by atoms with Gasteiger partial charge in [-0.2, -0.15) is 4.98 Å². The number of hydrogen-bond donors (Lipinski definition) is 2. The summed E-state index contributed by atoms with van der Waals surface area (Å²) in [5, 5.41) is 12.3. The van der Waals surface area contributed by atoms with E-state index in [1.165, 1.54) is 29.8 Å². The number of anilines is 2. The maximum Gasteiger partial charge on any atom is 0.354 e. The molecule has 0 bridgehead atoms. The maximum absolute atomic E-state index is 13.8. The van der Waals surface area contributed by atoms with Crippen LogP contribution in [0.3, 0.4) is 0 Å². The fourth-order valence-corrected chi connectivity index (χ4v) is 4.36. The number of carbonyl (C=O) groups is 1. The predicted molar refractivity (Wildman–Crippen MR) is 135 cm³/mol. The summed E-state index contributed by atoms with van der Waals surface area (Å²) in [5.41, 5.74) is -0.887. The van der Waals surface area contributed by atoms with Gasteiger partial charge in [-0.1, -0.05) is 26.7 Å². The van der Waals surface area contributed by atoms with Crippen molar-refractivity contribution in [2.45, 2.75) is 52.6 Å². The van der Waals surface area contributed by atoms with Crippen molar-refractivity contribution in [2.24, 2.45) is 17.8 Å². The molecule has 10 nitrogen and oxygen atoms in total. The Labute approximate surface area is 212 Å². The van der Waals surface area contributed by atoms with Crippen molar-refractivity contribution in [3.63, 3.8) is 0 Å². The third-order valence-electron chi connectivity index (χ3n) is 6.65. The number of hydrogen-bond acceptors (Lipinski definition) is 7. The van der Waals surface area contributed by atoms with Crippen LogP contribution >= 0.6 is 0 Å². The first-order valence-electron chi connectivity index (χ1n) is 12.3. The van der Waals surface area contributed by atoms with Gasteiger partial charge in [0, 0.05) is 25.0 Å². The van der Waals surface area contributed by atoms with Gasteiger partial charge < -0.3 is 15.2 Å². The van der Waals surface area contributed by atoms with Crippen LogP contribution in [0.1, 0.15) is 39.5 Å². The number of pyridine rings is 1. The van der Waals surface area contributed by atoms with Gasteiger partial charge in [-0.05, 0) is 61.1 Å². The van der Waals surface area contributed by atoms with E-state index in [4.69, 9.17) is 4.74 Å². The van der Waals surface area contributed by atoms with Crippen molar-refractivity contribution < 1.29 is 19.0 Å². The van der Waals surface area contributed by atoms with Gasteiger partial charge in [0.1, 0.15) is 5.75 Å². The van der Waals surface area contributed by atoms with Crippen molar-refractivity contribution in [3.05, 3.63) is 69.4 Å². The Balaban J connectivity index is 1.61. The number of ether oxygens (including phenoxy) is 1. The zero-order chi connectivity index (χ0) is 26.5. The van der Waals surface area contributed by atoms with E-state index in [2.05, 4.69) is 22.2 Å². The first-order valence-corrected chi connectivity index (χ1v) is 12.3. The van der Waals surface area contributed by atoms with Gasteiger partial charge in [-0.25, -0.2) is 23.5 Å². The van der Waals surface area contributed by atoms with Crippen LogP contribution in [0.2, 0.25) is 0 Å². The summed E-state index contributed by atoms with van der Waals surface area (Å²) in [6.45, 7) is 3.74. The van der Waals surface area contributed by atoms with Gasteiger partial charge in [-0.3, -0.25) is 9.36 Å². The van der Waals surface area contributed by atoms with Gasteiger partial charge in [0.25, 0.3) is 5.88 Å². The third-order valence-corrected chi connectivity index (χ3v) is 6.65. The third kappa shape index (κ3) is 6.41. The molecule has 0 radical (unpaired) electrons. The molecule has 1 atom stereocenters. The van der Waals surface area contributed by atoms with Gasteiger partial charge in [0.15, 0.2) is 5.82 Å². The molecule has 4 rings (SSSR count). The molecule has 2 N–H and O–H groups in total. The lowest BCUT2D eigenvalue weighted by molar-refractivity contribution is -0.141. The normalized spacial score (nSPS) is 18.2. The quantitative estimate of drug-likeness (QED) is 0.441. The molecule has 1 saturated carbocycles. The van der Waals surface area contributed by atoms with E-state index in [9.17, 15) is 23.9 Å². The van der Waals surface area contributed by atoms with Crippen LogP contribution < -0.4 is 21.4 Å². The number of halogens is 1. The van der Waals surface area contributed by atoms with Crippen LogP contribution in [0.4, 0.5) is 16.0 Å². The average molecular weight is 512 g/mol. The molecule has 2 aromatic heterocycles. The minimum absolute atomic E-state index is 0.0808. The highest BCUT2D eigenvalue weighted by Gasteiger charge is 2.23. The molecular formula is C26H30FN5O5. The molecule has 1 aromatic carbocycles. The second-order valence-electron chi connectivity index (χ2n) is 9.63. The number of rotatable bonds is 9. The van der Waals surface area contributed by atoms with Crippen molar-refractivity contribution in [1.29, 1.82) is 0 Å². The summed E-state index contributed by atoms with van der Waals surface area (Å²) >= 11 is 0. The number of carboxylic acids is 1. The van der Waals surface area contributed by atoms with E-state index in [0.717, 1.165) is 30.3 Å². The molecule has 37 heavy (non-hydrogen) atoms. The van der Waals surface area contributed by atoms with Crippen LogP contribution in [0.15, 0.2) is 52.2 Å². The van der Waals surface area contributed by atoms with E-state index >= 15 is 0 Å². The van der Waals surface area contributed by atoms with Crippen molar-refractivity contribution >= 4 is 17.6 Å². The standard InChI is InChI=1S/C26H30FN5O5/c1-16-5-7-18(8-6-16)15-31-24(30-25(35)32(26(31)36)14-17(2)23(33)34)29-19-9-11-20(12-10-19)37-22-21(27)4-3-13-28-22/h3-4,9-13,16-18H,5-8,14-15H2,1-2H3,(H,33,34)(H,29,30,35)/t16?,17-,18?/m0/s1. The topological polar surface area (TPSA) is 128 Å². The Hall–Kier alpha value is -4.02. The van der Waals surface area contributed by atoms with Crippen molar-refractivity contribution in [3.8, 4) is 11.6 Å². The number of carboxylic acid groups (broad SMARTS) is 1. The summed E-state index contributed by atoms with van der Waals surface area (Å²) < 4.78 is 21.6. The number of nitrogens with zero attached hydrogens (tertiary/aromatic N) is 4. The monoisotopic (exact) mass is 511 g/mol. The van der Waals surface area contributed by atoms with Gasteiger partial charge in [0.2, 0.25) is 5.95 Å². The van der Waals surface area contributed by atoms with E-state index in [1.54, 1.807) is 24.3 Å². The van der Waals surface area contributed by atoms with E-state index < -0.39 is 29.1 Å². The summed E-state index contributed by atoms with van der Waals surface area (Å²) in [5.74, 6) is -1.47. The fourth-order valence-electron chi connectivity index (χ4n) is 4.36. The highest BCUT2D eigenvalue weighted by atomic mass is 19.1. The highest BCUT2D eigenvalue weighted by molar-refractivity contribution is 5.69. The Morgan fingerprint density at radius 3 is 2.51 bits per heavy atom. The predicted octanol–water partition coefficient (Wildman–Crippen LogP) is 4.02. The summed E-state index contributed by atoms with van der Waals surface area (Å²) in [7, 11) is 0. The number of aromatic nitrogens is 4. The second-order valence-corrected chi connectivity index (χ2v) is 9.63. The van der Waals surface area contributed by atoms with Crippen LogP contribution in [-0.4, -0.2) is 30.2 Å². The van der Waals surface area contributed by atoms with Crippen molar-refractivity contribution in [2.75, 3.05) is 5.32 Å². The molecule has 0 amide bonds. The van der Waals surface area contributed by atoms with Gasteiger partial charge >= 0.3 is 17.3 Å². The SMILES string of the molecule is CC1CCC(Cn2c(Nc3ccc(Oc4ncccc4F)cc3)nc(=O)n(C[C@H](C)C(=O)O)c2=O)CC1. The van der Waals surface area contributed by atoms with E-state index in [0.29, 0.717) is 23.9 Å². The number of aliphatic carboxylic acids is 1. The van der Waals surface area contributed by atoms with Crippen LogP contribution in [0.5, 0.6) is 11.6 Å². The minimum atomic E-state index is -1.10. The summed E-state index contributed by atoms with van der Waals surface area (Å²) in [4.78, 5) is 45.4. The Bertz CT molecular complexity index is 1360. The smallest absolute Gasteiger partial charge is 0.354 e. The summed E-state index contributed by atoms with van der Waals surface area (Å²) in [6, 6.07) is 9.19. The van der Waals surface area contributed by atoms with Crippen LogP contribution in [0.25, 0.3) is 0 Å². The molecule has 0 unspecified atom stereocenters. The fraction of sp³-hybridized carbons (Fsp3) is 0.423. The number of benzene rings is 1. The molecule has 1 aliphatic rings.